The van der Waals surface area contributed by atoms with Crippen LogP contribution in [0.15, 0.2) is 24.3 Å². The summed E-state index contributed by atoms with van der Waals surface area (Å²) in [7, 11) is 1.68. The first kappa shape index (κ1) is 16.0. The Hall–Kier alpha value is -1.10. The van der Waals surface area contributed by atoms with Gasteiger partial charge in [0, 0.05) is 25.9 Å². The molecule has 0 aliphatic carbocycles. The van der Waals surface area contributed by atoms with Crippen LogP contribution in [0.2, 0.25) is 0 Å². The van der Waals surface area contributed by atoms with Crippen LogP contribution < -0.4 is 5.32 Å². The third-order valence-electron chi connectivity index (χ3n) is 2.54. The van der Waals surface area contributed by atoms with Crippen molar-refractivity contribution in [2.75, 3.05) is 32.2 Å². The maximum atomic E-state index is 9.78. The maximum absolute atomic E-state index is 9.78. The van der Waals surface area contributed by atoms with Gasteiger partial charge in [0.2, 0.25) is 0 Å². The smallest absolute Gasteiger partial charge is 0.0945 e. The van der Waals surface area contributed by atoms with Gasteiger partial charge in [-0.25, -0.2) is 0 Å². The molecule has 0 spiro atoms. The second-order valence-corrected chi connectivity index (χ2v) is 5.10. The van der Waals surface area contributed by atoms with Gasteiger partial charge >= 0.3 is 0 Å². The monoisotopic (exact) mass is 267 g/mol. The van der Waals surface area contributed by atoms with Gasteiger partial charge in [0.05, 0.1) is 19.3 Å². The summed E-state index contributed by atoms with van der Waals surface area (Å²) < 4.78 is 10.5. The van der Waals surface area contributed by atoms with Gasteiger partial charge in [-0.3, -0.25) is 0 Å². The average molecular weight is 267 g/mol. The molecule has 0 amide bonds. The number of ether oxygens (including phenoxy) is 2. The number of anilines is 1. The van der Waals surface area contributed by atoms with Crippen molar-refractivity contribution in [3.8, 4) is 0 Å². The average Bonchev–Trinajstić information content (AvgIpc) is 2.37. The van der Waals surface area contributed by atoms with Crippen LogP contribution in [0.25, 0.3) is 0 Å². The first-order valence-electron chi connectivity index (χ1n) is 6.69. The third-order valence-corrected chi connectivity index (χ3v) is 2.54. The lowest BCUT2D eigenvalue weighted by Gasteiger charge is -2.14. The van der Waals surface area contributed by atoms with E-state index in [4.69, 9.17) is 9.47 Å². The van der Waals surface area contributed by atoms with E-state index >= 15 is 0 Å². The molecule has 0 bridgehead atoms. The Kier molecular flexibility index (Phi) is 7.48. The van der Waals surface area contributed by atoms with E-state index in [-0.39, 0.29) is 0 Å². The van der Waals surface area contributed by atoms with Gasteiger partial charge in [0.25, 0.3) is 0 Å². The van der Waals surface area contributed by atoms with E-state index in [0.29, 0.717) is 32.3 Å². The van der Waals surface area contributed by atoms with Crippen LogP contribution >= 0.6 is 0 Å². The molecular formula is C15H25NO3. The quantitative estimate of drug-likeness (QED) is 0.720. The SMILES string of the molecule is COCc1cccc(NCC(O)COCC(C)C)c1. The number of aliphatic hydroxyl groups excluding tert-OH is 1. The largest absolute Gasteiger partial charge is 0.389 e. The Labute approximate surface area is 115 Å². The molecule has 1 unspecified atom stereocenters. The summed E-state index contributed by atoms with van der Waals surface area (Å²) in [5, 5.41) is 13.0. The molecule has 2 N–H and O–H groups in total. The van der Waals surface area contributed by atoms with E-state index in [1.165, 1.54) is 0 Å². The van der Waals surface area contributed by atoms with Crippen LogP contribution in [0.3, 0.4) is 0 Å². The number of aliphatic hydroxyl groups is 1. The predicted octanol–water partition coefficient (Wildman–Crippen LogP) is 2.28. The Morgan fingerprint density at radius 1 is 1.26 bits per heavy atom. The Bertz CT molecular complexity index is 355. The summed E-state index contributed by atoms with van der Waals surface area (Å²) in [4.78, 5) is 0. The molecule has 0 aromatic heterocycles. The fraction of sp³-hybridized carbons (Fsp3) is 0.600. The fourth-order valence-electron chi connectivity index (χ4n) is 1.67. The second kappa shape index (κ2) is 8.91. The predicted molar refractivity (Wildman–Crippen MR) is 77.3 cm³/mol. The molecule has 1 aromatic carbocycles. The molecule has 108 valence electrons. The van der Waals surface area contributed by atoms with Crippen molar-refractivity contribution < 1.29 is 14.6 Å². The molecule has 0 saturated carbocycles. The van der Waals surface area contributed by atoms with Gasteiger partial charge in [-0.2, -0.15) is 0 Å². The van der Waals surface area contributed by atoms with Crippen LogP contribution in [0.1, 0.15) is 19.4 Å². The fourth-order valence-corrected chi connectivity index (χ4v) is 1.67. The van der Waals surface area contributed by atoms with E-state index in [1.54, 1.807) is 7.11 Å². The van der Waals surface area contributed by atoms with Gasteiger partial charge in [-0.1, -0.05) is 26.0 Å². The highest BCUT2D eigenvalue weighted by Gasteiger charge is 2.05. The summed E-state index contributed by atoms with van der Waals surface area (Å²) >= 11 is 0. The molecule has 1 aromatic rings. The van der Waals surface area contributed by atoms with Crippen LogP contribution in [-0.2, 0) is 16.1 Å². The number of methoxy groups -OCH3 is 1. The van der Waals surface area contributed by atoms with Crippen LogP contribution in [0.5, 0.6) is 0 Å². The standard InChI is InChI=1S/C15H25NO3/c1-12(2)9-19-11-15(17)8-16-14-6-4-5-13(7-14)10-18-3/h4-7,12,15-17H,8-11H2,1-3H3. The summed E-state index contributed by atoms with van der Waals surface area (Å²) in [6.45, 7) is 6.30. The molecule has 0 heterocycles. The molecule has 4 heteroatoms. The lowest BCUT2D eigenvalue weighted by molar-refractivity contribution is 0.0318. The molecule has 0 fully saturated rings. The van der Waals surface area contributed by atoms with E-state index < -0.39 is 6.10 Å². The molecule has 0 saturated heterocycles. The van der Waals surface area contributed by atoms with Crippen molar-refractivity contribution in [2.45, 2.75) is 26.6 Å². The molecule has 0 radical (unpaired) electrons. The van der Waals surface area contributed by atoms with Crippen molar-refractivity contribution in [1.29, 1.82) is 0 Å². The summed E-state index contributed by atoms with van der Waals surface area (Å²) in [6, 6.07) is 7.97. The Balaban J connectivity index is 2.29. The Morgan fingerprint density at radius 3 is 2.74 bits per heavy atom. The molecule has 1 rings (SSSR count). The Morgan fingerprint density at radius 2 is 2.05 bits per heavy atom. The molecule has 0 aliphatic heterocycles. The van der Waals surface area contributed by atoms with Crippen LogP contribution in [0, 0.1) is 5.92 Å². The first-order chi connectivity index (χ1) is 9.11. The normalized spacial score (nSPS) is 12.7. The van der Waals surface area contributed by atoms with Crippen molar-refractivity contribution in [3.05, 3.63) is 29.8 Å². The van der Waals surface area contributed by atoms with E-state index in [0.717, 1.165) is 11.3 Å². The zero-order valence-corrected chi connectivity index (χ0v) is 12.1. The number of hydrogen-bond donors (Lipinski definition) is 2. The van der Waals surface area contributed by atoms with Crippen LogP contribution in [-0.4, -0.2) is 38.1 Å². The van der Waals surface area contributed by atoms with E-state index in [1.807, 2.05) is 24.3 Å². The van der Waals surface area contributed by atoms with Gasteiger partial charge in [-0.15, -0.1) is 0 Å². The van der Waals surface area contributed by atoms with E-state index in [2.05, 4.69) is 19.2 Å². The number of hydrogen-bond acceptors (Lipinski definition) is 4. The highest BCUT2D eigenvalue weighted by Crippen LogP contribution is 2.11. The van der Waals surface area contributed by atoms with Gasteiger partial charge in [-0.05, 0) is 23.6 Å². The van der Waals surface area contributed by atoms with Gasteiger partial charge in [0.1, 0.15) is 0 Å². The topological polar surface area (TPSA) is 50.7 Å². The number of nitrogens with one attached hydrogen (secondary N) is 1. The highest BCUT2D eigenvalue weighted by molar-refractivity contribution is 5.45. The van der Waals surface area contributed by atoms with Crippen molar-refractivity contribution >= 4 is 5.69 Å². The van der Waals surface area contributed by atoms with Gasteiger partial charge in [0.15, 0.2) is 0 Å². The molecular weight excluding hydrogens is 242 g/mol. The minimum atomic E-state index is -0.496. The molecule has 19 heavy (non-hydrogen) atoms. The van der Waals surface area contributed by atoms with E-state index in [9.17, 15) is 5.11 Å². The lowest BCUT2D eigenvalue weighted by atomic mass is 10.2. The lowest BCUT2D eigenvalue weighted by Crippen LogP contribution is -2.25. The minimum absolute atomic E-state index is 0.364. The molecule has 1 atom stereocenters. The van der Waals surface area contributed by atoms with Crippen molar-refractivity contribution in [2.24, 2.45) is 5.92 Å². The van der Waals surface area contributed by atoms with Crippen LogP contribution in [0.4, 0.5) is 5.69 Å². The summed E-state index contributed by atoms with van der Waals surface area (Å²) in [6.07, 6.45) is -0.496. The highest BCUT2D eigenvalue weighted by atomic mass is 16.5. The first-order valence-corrected chi connectivity index (χ1v) is 6.69. The van der Waals surface area contributed by atoms with Gasteiger partial charge < -0.3 is 19.9 Å². The number of benzene rings is 1. The summed E-state index contributed by atoms with van der Waals surface area (Å²) in [5.74, 6) is 0.492. The zero-order chi connectivity index (χ0) is 14.1. The van der Waals surface area contributed by atoms with Crippen molar-refractivity contribution in [1.82, 2.24) is 0 Å². The minimum Gasteiger partial charge on any atom is -0.389 e. The third kappa shape index (κ3) is 7.15. The second-order valence-electron chi connectivity index (χ2n) is 5.10. The summed E-state index contributed by atoms with van der Waals surface area (Å²) in [5.41, 5.74) is 2.09. The molecule has 0 aliphatic rings. The van der Waals surface area contributed by atoms with Crippen molar-refractivity contribution in [3.63, 3.8) is 0 Å². The zero-order valence-electron chi connectivity index (χ0n) is 12.1. The number of rotatable bonds is 9. The molecule has 4 nitrogen and oxygen atoms in total. The maximum Gasteiger partial charge on any atom is 0.0945 e.